The number of nitrogens with two attached hydrogens (primary N) is 1. The van der Waals surface area contributed by atoms with Crippen LogP contribution in [0.2, 0.25) is 0 Å². The van der Waals surface area contributed by atoms with Crippen LogP contribution in [0.15, 0.2) is 53.0 Å². The summed E-state index contributed by atoms with van der Waals surface area (Å²) >= 11 is 3.56. The number of hydrogen-bond donors (Lipinski definition) is 1. The molecule has 0 amide bonds. The molecule has 0 heterocycles. The van der Waals surface area contributed by atoms with Crippen LogP contribution in [0, 0.1) is 0 Å². The third-order valence-corrected chi connectivity index (χ3v) is 4.03. The molecule has 2 aromatic rings. The number of halogens is 1. The van der Waals surface area contributed by atoms with E-state index >= 15 is 0 Å². The third-order valence-electron chi connectivity index (χ3n) is 3.26. The lowest BCUT2D eigenvalue weighted by molar-refractivity contribution is 0.145. The Balaban J connectivity index is 2.11. The Morgan fingerprint density at radius 2 is 1.76 bits per heavy atom. The Kier molecular flexibility index (Phi) is 6.23. The van der Waals surface area contributed by atoms with E-state index in [4.69, 9.17) is 15.2 Å². The molecule has 4 heteroatoms. The Hall–Kier alpha value is -1.36. The monoisotopic (exact) mass is 349 g/mol. The van der Waals surface area contributed by atoms with E-state index in [1.165, 1.54) is 5.56 Å². The molecular formula is C17H20BrNO2. The first-order valence-corrected chi connectivity index (χ1v) is 7.71. The van der Waals surface area contributed by atoms with Crippen LogP contribution in [-0.4, -0.2) is 20.3 Å². The Labute approximate surface area is 134 Å². The van der Waals surface area contributed by atoms with Gasteiger partial charge < -0.3 is 15.2 Å². The van der Waals surface area contributed by atoms with Gasteiger partial charge in [-0.3, -0.25) is 0 Å². The molecule has 0 radical (unpaired) electrons. The number of rotatable bonds is 7. The minimum Gasteiger partial charge on any atom is -0.491 e. The first-order chi connectivity index (χ1) is 10.2. The molecule has 21 heavy (non-hydrogen) atoms. The highest BCUT2D eigenvalue weighted by Crippen LogP contribution is 2.28. The molecule has 0 spiro atoms. The van der Waals surface area contributed by atoms with Crippen LogP contribution in [0.4, 0.5) is 0 Å². The second-order valence-electron chi connectivity index (χ2n) is 4.78. The van der Waals surface area contributed by atoms with Gasteiger partial charge in [0.05, 0.1) is 6.61 Å². The minimum absolute atomic E-state index is 0.109. The average Bonchev–Trinajstić information content (AvgIpc) is 2.50. The summed E-state index contributed by atoms with van der Waals surface area (Å²) in [7, 11) is 1.66. The molecule has 3 nitrogen and oxygen atoms in total. The summed E-state index contributed by atoms with van der Waals surface area (Å²) in [5, 5.41) is 0. The van der Waals surface area contributed by atoms with Crippen LogP contribution in [-0.2, 0) is 11.2 Å². The summed E-state index contributed by atoms with van der Waals surface area (Å²) in [6.07, 6.45) is 0.756. The summed E-state index contributed by atoms with van der Waals surface area (Å²) in [6.45, 7) is 1.09. The van der Waals surface area contributed by atoms with E-state index in [0.717, 1.165) is 22.2 Å². The van der Waals surface area contributed by atoms with E-state index < -0.39 is 0 Å². The molecule has 0 bridgehead atoms. The number of para-hydroxylation sites is 1. The molecule has 1 unspecified atom stereocenters. The van der Waals surface area contributed by atoms with Gasteiger partial charge in [0, 0.05) is 23.2 Å². The predicted molar refractivity (Wildman–Crippen MR) is 88.6 cm³/mol. The largest absolute Gasteiger partial charge is 0.491 e. The van der Waals surface area contributed by atoms with Gasteiger partial charge in [0.15, 0.2) is 0 Å². The highest BCUT2D eigenvalue weighted by atomic mass is 79.9. The van der Waals surface area contributed by atoms with Crippen molar-refractivity contribution in [2.45, 2.75) is 12.5 Å². The third kappa shape index (κ3) is 4.56. The van der Waals surface area contributed by atoms with E-state index in [9.17, 15) is 0 Å². The second kappa shape index (κ2) is 8.17. The Morgan fingerprint density at radius 3 is 2.52 bits per heavy atom. The summed E-state index contributed by atoms with van der Waals surface area (Å²) < 4.78 is 11.8. The van der Waals surface area contributed by atoms with Crippen molar-refractivity contribution in [2.24, 2.45) is 5.73 Å². The molecule has 0 aliphatic heterocycles. The molecule has 2 rings (SSSR count). The normalized spacial score (nSPS) is 12.1. The summed E-state index contributed by atoms with van der Waals surface area (Å²) in [5.41, 5.74) is 8.58. The highest BCUT2D eigenvalue weighted by molar-refractivity contribution is 9.10. The van der Waals surface area contributed by atoms with Crippen molar-refractivity contribution in [1.29, 1.82) is 0 Å². The molecule has 1 atom stereocenters. The second-order valence-corrected chi connectivity index (χ2v) is 5.64. The minimum atomic E-state index is -0.109. The molecule has 0 fully saturated rings. The SMILES string of the molecule is COCCOc1ccccc1C(N)Cc1ccccc1Br. The van der Waals surface area contributed by atoms with Crippen molar-refractivity contribution in [3.8, 4) is 5.75 Å². The topological polar surface area (TPSA) is 44.5 Å². The maximum absolute atomic E-state index is 6.37. The van der Waals surface area contributed by atoms with Gasteiger partial charge in [0.1, 0.15) is 12.4 Å². The van der Waals surface area contributed by atoms with E-state index in [0.29, 0.717) is 13.2 Å². The van der Waals surface area contributed by atoms with Crippen molar-refractivity contribution >= 4 is 15.9 Å². The van der Waals surface area contributed by atoms with E-state index in [-0.39, 0.29) is 6.04 Å². The maximum atomic E-state index is 6.37. The van der Waals surface area contributed by atoms with Crippen molar-refractivity contribution in [3.05, 3.63) is 64.1 Å². The lowest BCUT2D eigenvalue weighted by atomic mass is 9.99. The zero-order chi connectivity index (χ0) is 15.1. The van der Waals surface area contributed by atoms with Crippen LogP contribution in [0.25, 0.3) is 0 Å². The number of methoxy groups -OCH3 is 1. The maximum Gasteiger partial charge on any atom is 0.124 e. The van der Waals surface area contributed by atoms with Gasteiger partial charge in [0.25, 0.3) is 0 Å². The van der Waals surface area contributed by atoms with Gasteiger partial charge >= 0.3 is 0 Å². The zero-order valence-electron chi connectivity index (χ0n) is 12.1. The summed E-state index contributed by atoms with van der Waals surface area (Å²) in [4.78, 5) is 0. The molecule has 0 saturated carbocycles. The number of ether oxygens (including phenoxy) is 2. The lowest BCUT2D eigenvalue weighted by Gasteiger charge is -2.17. The molecule has 2 aromatic carbocycles. The first kappa shape index (κ1) is 16.0. The van der Waals surface area contributed by atoms with Crippen molar-refractivity contribution in [1.82, 2.24) is 0 Å². The van der Waals surface area contributed by atoms with Crippen molar-refractivity contribution in [3.63, 3.8) is 0 Å². The zero-order valence-corrected chi connectivity index (χ0v) is 13.7. The van der Waals surface area contributed by atoms with Gasteiger partial charge in [-0.1, -0.05) is 52.3 Å². The molecule has 0 saturated heterocycles. The first-order valence-electron chi connectivity index (χ1n) is 6.92. The van der Waals surface area contributed by atoms with Crippen LogP contribution in [0.3, 0.4) is 0 Å². The quantitative estimate of drug-likeness (QED) is 0.774. The van der Waals surface area contributed by atoms with Gasteiger partial charge in [-0.15, -0.1) is 0 Å². The van der Waals surface area contributed by atoms with Gasteiger partial charge in [-0.25, -0.2) is 0 Å². The van der Waals surface area contributed by atoms with Crippen LogP contribution in [0.5, 0.6) is 5.75 Å². The average molecular weight is 350 g/mol. The molecule has 0 aliphatic carbocycles. The summed E-state index contributed by atoms with van der Waals surface area (Å²) in [6, 6.07) is 15.9. The highest BCUT2D eigenvalue weighted by Gasteiger charge is 2.13. The number of hydrogen-bond acceptors (Lipinski definition) is 3. The predicted octanol–water partition coefficient (Wildman–Crippen LogP) is 3.72. The molecule has 0 aromatic heterocycles. The van der Waals surface area contributed by atoms with Crippen molar-refractivity contribution in [2.75, 3.05) is 20.3 Å². The fourth-order valence-electron chi connectivity index (χ4n) is 2.16. The van der Waals surface area contributed by atoms with Crippen LogP contribution < -0.4 is 10.5 Å². The van der Waals surface area contributed by atoms with Gasteiger partial charge in [-0.05, 0) is 24.1 Å². The Bertz CT molecular complexity index is 574. The molecule has 112 valence electrons. The van der Waals surface area contributed by atoms with E-state index in [1.54, 1.807) is 7.11 Å². The standard InChI is InChI=1S/C17H20BrNO2/c1-20-10-11-21-17-9-5-3-7-14(17)16(19)12-13-6-2-4-8-15(13)18/h2-9,16H,10-12,19H2,1H3. The van der Waals surface area contributed by atoms with E-state index in [1.807, 2.05) is 42.5 Å². The lowest BCUT2D eigenvalue weighted by Crippen LogP contribution is -2.16. The smallest absolute Gasteiger partial charge is 0.124 e. The Morgan fingerprint density at radius 1 is 1.05 bits per heavy atom. The molecule has 0 aliphatic rings. The van der Waals surface area contributed by atoms with Crippen LogP contribution >= 0.6 is 15.9 Å². The van der Waals surface area contributed by atoms with E-state index in [2.05, 4.69) is 22.0 Å². The molecule has 2 N–H and O–H groups in total. The fraction of sp³-hybridized carbons (Fsp3) is 0.294. The summed E-state index contributed by atoms with van der Waals surface area (Å²) in [5.74, 6) is 0.828. The van der Waals surface area contributed by atoms with Gasteiger partial charge in [-0.2, -0.15) is 0 Å². The van der Waals surface area contributed by atoms with Gasteiger partial charge in [0.2, 0.25) is 0 Å². The van der Waals surface area contributed by atoms with Crippen LogP contribution in [0.1, 0.15) is 17.2 Å². The number of benzene rings is 2. The fourth-order valence-corrected chi connectivity index (χ4v) is 2.61. The van der Waals surface area contributed by atoms with Crippen molar-refractivity contribution < 1.29 is 9.47 Å². The molecular weight excluding hydrogens is 330 g/mol.